The van der Waals surface area contributed by atoms with Gasteiger partial charge in [-0.15, -0.1) is 0 Å². The molecule has 0 fully saturated rings. The lowest BCUT2D eigenvalue weighted by Crippen LogP contribution is -2.21. The number of hydrogen-bond donors (Lipinski definition) is 3. The van der Waals surface area contributed by atoms with E-state index in [0.29, 0.717) is 11.4 Å². The number of aromatic nitrogens is 2. The summed E-state index contributed by atoms with van der Waals surface area (Å²) in [5, 5.41) is 7.90. The lowest BCUT2D eigenvalue weighted by atomic mass is 10.2. The quantitative estimate of drug-likeness (QED) is 0.192. The largest absolute Gasteiger partial charge is 0.478 e. The van der Waals surface area contributed by atoms with Gasteiger partial charge < -0.3 is 4.74 Å². The highest BCUT2D eigenvalue weighted by Crippen LogP contribution is 2.23. The molecular weight excluding hydrogens is 564 g/mol. The van der Waals surface area contributed by atoms with E-state index in [4.69, 9.17) is 13.8 Å². The van der Waals surface area contributed by atoms with E-state index in [1.165, 1.54) is 42.6 Å². The summed E-state index contributed by atoms with van der Waals surface area (Å²) in [5.74, 6) is -0.275. The highest BCUT2D eigenvalue weighted by molar-refractivity contribution is 7.86. The highest BCUT2D eigenvalue weighted by Gasteiger charge is 2.24. The van der Waals surface area contributed by atoms with Crippen LogP contribution in [-0.2, 0) is 25.0 Å². The van der Waals surface area contributed by atoms with E-state index in [2.05, 4.69) is 10.2 Å². The second-order valence-electron chi connectivity index (χ2n) is 8.09. The van der Waals surface area contributed by atoms with Crippen molar-refractivity contribution in [2.45, 2.75) is 16.7 Å². The third-order valence-corrected chi connectivity index (χ3v) is 7.20. The number of amides is 1. The molecule has 1 aromatic heterocycles. The van der Waals surface area contributed by atoms with E-state index in [-0.39, 0.29) is 33.4 Å². The van der Waals surface area contributed by atoms with Crippen molar-refractivity contribution in [2.75, 3.05) is 11.6 Å². The molecule has 0 saturated heterocycles. The summed E-state index contributed by atoms with van der Waals surface area (Å²) in [7, 11) is -8.74. The number of rotatable bonds is 9. The van der Waals surface area contributed by atoms with E-state index < -0.39 is 31.7 Å². The number of H-pyrrole nitrogens is 1. The molecule has 13 nitrogen and oxygen atoms in total. The first-order valence-corrected chi connectivity index (χ1v) is 14.3. The number of nitrogens with zero attached hydrogens (tertiary/aromatic N) is 3. The Hall–Kier alpha value is -4.57. The first-order valence-electron chi connectivity index (χ1n) is 11.5. The van der Waals surface area contributed by atoms with Crippen molar-refractivity contribution in [1.29, 1.82) is 0 Å². The van der Waals surface area contributed by atoms with Gasteiger partial charge in [0.2, 0.25) is 5.88 Å². The maximum Gasteiger partial charge on any atom is 0.294 e. The molecule has 0 aliphatic carbocycles. The lowest BCUT2D eigenvalue weighted by molar-refractivity contribution is -0.114. The zero-order valence-electron chi connectivity index (χ0n) is 20.7. The molecule has 0 spiro atoms. The van der Waals surface area contributed by atoms with Gasteiger partial charge in [-0.3, -0.25) is 23.8 Å². The number of hydrogen-bond acceptors (Lipinski definition) is 8. The number of aromatic amines is 1. The monoisotopic (exact) mass is 586 g/mol. The topological polar surface area (TPSA) is 188 Å². The second kappa shape index (κ2) is 11.3. The molecular formula is C25H22N4O9S2. The first kappa shape index (κ1) is 28.4. The van der Waals surface area contributed by atoms with Crippen LogP contribution in [0.15, 0.2) is 98.1 Å². The van der Waals surface area contributed by atoms with Gasteiger partial charge in [-0.2, -0.15) is 26.9 Å². The summed E-state index contributed by atoms with van der Waals surface area (Å²) < 4.78 is 69.8. The minimum Gasteiger partial charge on any atom is -0.478 e. The molecule has 0 unspecified atom stereocenters. The Kier molecular flexibility index (Phi) is 8.01. The van der Waals surface area contributed by atoms with Crippen molar-refractivity contribution in [3.63, 3.8) is 0 Å². The fraction of sp³-hybridized carbons (Fsp3) is 0.0800. The summed E-state index contributed by atoms with van der Waals surface area (Å²) >= 11 is 0. The van der Waals surface area contributed by atoms with Crippen molar-refractivity contribution >= 4 is 44.1 Å². The number of hydrazone groups is 1. The number of anilines is 1. The zero-order valence-corrected chi connectivity index (χ0v) is 22.3. The average Bonchev–Trinajstić information content (AvgIpc) is 3.42. The van der Waals surface area contributed by atoms with Crippen LogP contribution in [0, 0.1) is 0 Å². The zero-order chi connectivity index (χ0) is 29.1. The third-order valence-electron chi connectivity index (χ3n) is 5.46. The minimum atomic E-state index is -4.38. The summed E-state index contributed by atoms with van der Waals surface area (Å²) in [6.45, 7) is 2.00. The van der Waals surface area contributed by atoms with E-state index in [0.717, 1.165) is 34.0 Å². The molecule has 2 heterocycles. The predicted octanol–water partition coefficient (Wildman–Crippen LogP) is 2.59. The molecule has 1 aliphatic heterocycles. The molecule has 3 N–H and O–H groups in total. The van der Waals surface area contributed by atoms with E-state index in [1.54, 1.807) is 25.2 Å². The van der Waals surface area contributed by atoms with Gasteiger partial charge in [-0.05, 0) is 67.6 Å². The standard InChI is InChI=1S/C25H22N4O9S2/c1-2-38-23-22(25(31)29(27-23)19-10-14-21(15-11-19)40(35,36)37)7-5-3-4-6-17-16-26-28(24(17)30)18-8-12-20(13-9-18)39(32,33)34/h3-16,27H,2H2,1H3,(H,32,33,34)(H,35,36,37). The van der Waals surface area contributed by atoms with Crippen LogP contribution in [-0.4, -0.2) is 54.5 Å². The van der Waals surface area contributed by atoms with Crippen molar-refractivity contribution < 1.29 is 35.5 Å². The van der Waals surface area contributed by atoms with Gasteiger partial charge in [0.1, 0.15) is 5.56 Å². The fourth-order valence-electron chi connectivity index (χ4n) is 3.56. The molecule has 40 heavy (non-hydrogen) atoms. The predicted molar refractivity (Wildman–Crippen MR) is 146 cm³/mol. The van der Waals surface area contributed by atoms with Gasteiger partial charge in [0, 0.05) is 0 Å². The second-order valence-corrected chi connectivity index (χ2v) is 10.9. The van der Waals surface area contributed by atoms with Crippen LogP contribution in [0.4, 0.5) is 5.69 Å². The van der Waals surface area contributed by atoms with Gasteiger partial charge in [-0.1, -0.05) is 18.2 Å². The number of ether oxygens (including phenoxy) is 1. The van der Waals surface area contributed by atoms with E-state index >= 15 is 0 Å². The molecule has 2 aromatic carbocycles. The molecule has 0 atom stereocenters. The molecule has 208 valence electrons. The summed E-state index contributed by atoms with van der Waals surface area (Å²) in [6.07, 6.45) is 9.01. The van der Waals surface area contributed by atoms with Crippen LogP contribution in [0.25, 0.3) is 11.8 Å². The fourth-order valence-corrected chi connectivity index (χ4v) is 4.52. The van der Waals surface area contributed by atoms with Gasteiger partial charge in [-0.25, -0.2) is 4.68 Å². The normalized spacial score (nSPS) is 15.2. The van der Waals surface area contributed by atoms with Gasteiger partial charge in [0.05, 0.1) is 39.6 Å². The van der Waals surface area contributed by atoms with E-state index in [9.17, 15) is 26.4 Å². The van der Waals surface area contributed by atoms with Crippen LogP contribution in [0.2, 0.25) is 0 Å². The Balaban J connectivity index is 1.49. The van der Waals surface area contributed by atoms with Crippen LogP contribution in [0.3, 0.4) is 0 Å². The van der Waals surface area contributed by atoms with Crippen LogP contribution < -0.4 is 15.3 Å². The van der Waals surface area contributed by atoms with Crippen molar-refractivity contribution in [3.8, 4) is 11.6 Å². The number of allylic oxidation sites excluding steroid dienone is 4. The number of benzene rings is 2. The Labute approximate surface area is 228 Å². The van der Waals surface area contributed by atoms with E-state index in [1.807, 2.05) is 0 Å². The molecule has 0 bridgehead atoms. The molecule has 1 aliphatic rings. The van der Waals surface area contributed by atoms with Crippen molar-refractivity contribution in [1.82, 2.24) is 9.78 Å². The minimum absolute atomic E-state index is 0.183. The Morgan fingerprint density at radius 1 is 0.875 bits per heavy atom. The van der Waals surface area contributed by atoms with Gasteiger partial charge >= 0.3 is 0 Å². The van der Waals surface area contributed by atoms with Crippen molar-refractivity contribution in [3.05, 3.63) is 94.3 Å². The van der Waals surface area contributed by atoms with Gasteiger partial charge in [0.15, 0.2) is 0 Å². The molecule has 15 heteroatoms. The number of carbonyl (C=O) groups excluding carboxylic acids is 1. The van der Waals surface area contributed by atoms with Crippen LogP contribution >= 0.6 is 0 Å². The SMILES string of the molecule is CCOc1[nH]n(-c2ccc(S(=O)(=O)O)cc2)c(=O)c1C=CC=CC=C1C=NN(c2ccc(S(=O)(=O)O)cc2)C1=O. The molecule has 0 saturated carbocycles. The van der Waals surface area contributed by atoms with Crippen LogP contribution in [0.5, 0.6) is 5.88 Å². The molecule has 4 rings (SSSR count). The summed E-state index contributed by atoms with van der Waals surface area (Å²) in [4.78, 5) is 25.0. The molecule has 1 amide bonds. The number of carbonyl (C=O) groups is 1. The maximum absolute atomic E-state index is 13.0. The Bertz CT molecular complexity index is 1830. The van der Waals surface area contributed by atoms with Crippen molar-refractivity contribution in [2.24, 2.45) is 5.10 Å². The maximum atomic E-state index is 13.0. The highest BCUT2D eigenvalue weighted by atomic mass is 32.2. The Morgan fingerprint density at radius 2 is 1.45 bits per heavy atom. The average molecular weight is 587 g/mol. The van der Waals surface area contributed by atoms with Gasteiger partial charge in [0.25, 0.3) is 31.7 Å². The lowest BCUT2D eigenvalue weighted by Gasteiger charge is -2.11. The number of nitrogens with one attached hydrogen (secondary N) is 1. The van der Waals surface area contributed by atoms with Crippen LogP contribution in [0.1, 0.15) is 12.5 Å². The first-order chi connectivity index (χ1) is 18.9. The third kappa shape index (κ3) is 6.18. The molecule has 3 aromatic rings. The Morgan fingerprint density at radius 3 is 2.00 bits per heavy atom. The smallest absolute Gasteiger partial charge is 0.294 e. The summed E-state index contributed by atoms with van der Waals surface area (Å²) in [5.41, 5.74) is 0.585. The molecule has 0 radical (unpaired) electrons. The summed E-state index contributed by atoms with van der Waals surface area (Å²) in [6, 6.07) is 10.00.